The number of unbranched alkanes of at least 4 members (excludes halogenated alkanes) is 4. The van der Waals surface area contributed by atoms with Crippen LogP contribution < -0.4 is 10.6 Å². The lowest BCUT2D eigenvalue weighted by Crippen LogP contribution is -2.35. The van der Waals surface area contributed by atoms with E-state index in [9.17, 15) is 9.59 Å². The SMILES string of the molecule is O=C(CCCC(=O)NC1CCCCCCCCCCC1)NC1=C\C=C/C(CCCCCCCC2CCCCCCCCCC2)=C\C=C/C=C\C=C1. The van der Waals surface area contributed by atoms with Crippen LogP contribution in [0.4, 0.5) is 0 Å². The Bertz CT molecular complexity index is 1090. The maximum Gasteiger partial charge on any atom is 0.224 e. The van der Waals surface area contributed by atoms with E-state index in [2.05, 4.69) is 41.0 Å². The molecule has 2 amide bonds. The van der Waals surface area contributed by atoms with Crippen molar-refractivity contribution in [2.45, 2.75) is 205 Å². The van der Waals surface area contributed by atoms with Gasteiger partial charge in [-0.1, -0.05) is 203 Å². The highest BCUT2D eigenvalue weighted by atomic mass is 16.2. The van der Waals surface area contributed by atoms with Gasteiger partial charge in [-0.3, -0.25) is 9.59 Å². The minimum atomic E-state index is -0.0409. The predicted molar refractivity (Wildman–Crippen MR) is 219 cm³/mol. The molecule has 3 aliphatic rings. The van der Waals surface area contributed by atoms with E-state index in [1.807, 2.05) is 30.4 Å². The summed E-state index contributed by atoms with van der Waals surface area (Å²) in [4.78, 5) is 25.6. The molecule has 0 bridgehead atoms. The summed E-state index contributed by atoms with van der Waals surface area (Å²) in [6.07, 6.45) is 59.4. The molecule has 0 aromatic heterocycles. The van der Waals surface area contributed by atoms with Gasteiger partial charge in [0.1, 0.15) is 0 Å². The lowest BCUT2D eigenvalue weighted by molar-refractivity contribution is -0.122. The average Bonchev–Trinajstić information content (AvgIpc) is 3.17. The van der Waals surface area contributed by atoms with Crippen molar-refractivity contribution in [3.63, 3.8) is 0 Å². The minimum absolute atomic E-state index is 0.0409. The lowest BCUT2D eigenvalue weighted by atomic mass is 9.90. The van der Waals surface area contributed by atoms with Gasteiger partial charge in [0, 0.05) is 24.6 Å². The molecule has 0 spiro atoms. The van der Waals surface area contributed by atoms with E-state index >= 15 is 0 Å². The molecule has 286 valence electrons. The van der Waals surface area contributed by atoms with Gasteiger partial charge in [0.2, 0.25) is 11.8 Å². The molecule has 0 aliphatic heterocycles. The third-order valence-electron chi connectivity index (χ3n) is 11.2. The van der Waals surface area contributed by atoms with E-state index in [4.69, 9.17) is 0 Å². The first kappa shape index (κ1) is 42.8. The van der Waals surface area contributed by atoms with E-state index < -0.39 is 0 Å². The van der Waals surface area contributed by atoms with Crippen molar-refractivity contribution < 1.29 is 9.59 Å². The second-order valence-electron chi connectivity index (χ2n) is 15.9. The summed E-state index contributed by atoms with van der Waals surface area (Å²) in [7, 11) is 0. The van der Waals surface area contributed by atoms with Crippen LogP contribution in [0.1, 0.15) is 199 Å². The van der Waals surface area contributed by atoms with Crippen LogP contribution in [0.5, 0.6) is 0 Å². The molecule has 0 atom stereocenters. The number of hydrogen-bond acceptors (Lipinski definition) is 2. The highest BCUT2D eigenvalue weighted by Gasteiger charge is 2.14. The van der Waals surface area contributed by atoms with Gasteiger partial charge in [0.25, 0.3) is 0 Å². The van der Waals surface area contributed by atoms with Crippen LogP contribution in [0, 0.1) is 5.92 Å². The Morgan fingerprint density at radius 3 is 1.69 bits per heavy atom. The average molecular weight is 701 g/mol. The van der Waals surface area contributed by atoms with Crippen molar-refractivity contribution in [2.75, 3.05) is 0 Å². The fraction of sp³-hybridized carbons (Fsp3) is 0.702. The van der Waals surface area contributed by atoms with Crippen molar-refractivity contribution >= 4 is 11.8 Å². The molecule has 2 saturated carbocycles. The van der Waals surface area contributed by atoms with E-state index in [1.165, 1.54) is 166 Å². The topological polar surface area (TPSA) is 58.2 Å². The van der Waals surface area contributed by atoms with Gasteiger partial charge < -0.3 is 10.6 Å². The fourth-order valence-corrected chi connectivity index (χ4v) is 8.06. The lowest BCUT2D eigenvalue weighted by Gasteiger charge is -2.19. The summed E-state index contributed by atoms with van der Waals surface area (Å²) >= 11 is 0. The Hall–Kier alpha value is -2.62. The minimum Gasteiger partial charge on any atom is -0.353 e. The van der Waals surface area contributed by atoms with E-state index in [0.29, 0.717) is 19.3 Å². The smallest absolute Gasteiger partial charge is 0.224 e. The molecule has 0 aromatic carbocycles. The summed E-state index contributed by atoms with van der Waals surface area (Å²) in [5.74, 6) is 1.03. The second kappa shape index (κ2) is 29.9. The summed E-state index contributed by atoms with van der Waals surface area (Å²) < 4.78 is 0. The van der Waals surface area contributed by atoms with Gasteiger partial charge in [-0.15, -0.1) is 0 Å². The van der Waals surface area contributed by atoms with E-state index in [1.54, 1.807) is 0 Å². The predicted octanol–water partition coefficient (Wildman–Crippen LogP) is 13.4. The molecule has 3 rings (SSSR count). The Morgan fingerprint density at radius 1 is 0.490 bits per heavy atom. The maximum atomic E-state index is 12.9. The molecule has 0 saturated heterocycles. The normalized spacial score (nSPS) is 22.9. The molecule has 2 N–H and O–H groups in total. The monoisotopic (exact) mass is 701 g/mol. The first-order valence-electron chi connectivity index (χ1n) is 21.9. The van der Waals surface area contributed by atoms with Gasteiger partial charge in [0.15, 0.2) is 0 Å². The highest BCUT2D eigenvalue weighted by molar-refractivity contribution is 5.80. The Kier molecular flexibility index (Phi) is 25.1. The van der Waals surface area contributed by atoms with Gasteiger partial charge in [-0.25, -0.2) is 0 Å². The molecule has 0 radical (unpaired) electrons. The number of carbonyl (C=O) groups excluding carboxylic acids is 2. The summed E-state index contributed by atoms with van der Waals surface area (Å²) in [5.41, 5.74) is 2.09. The molecule has 4 heteroatoms. The van der Waals surface area contributed by atoms with Crippen LogP contribution in [0.2, 0.25) is 0 Å². The molecule has 4 nitrogen and oxygen atoms in total. The van der Waals surface area contributed by atoms with Gasteiger partial charge in [0.05, 0.1) is 0 Å². The van der Waals surface area contributed by atoms with Gasteiger partial charge >= 0.3 is 0 Å². The zero-order chi connectivity index (χ0) is 35.9. The number of carbonyl (C=O) groups is 2. The maximum absolute atomic E-state index is 12.9. The van der Waals surface area contributed by atoms with Crippen LogP contribution in [0.3, 0.4) is 0 Å². The van der Waals surface area contributed by atoms with Crippen molar-refractivity contribution in [1.29, 1.82) is 0 Å². The van der Waals surface area contributed by atoms with Crippen molar-refractivity contribution in [2.24, 2.45) is 5.92 Å². The number of nitrogens with one attached hydrogen (secondary N) is 2. The second-order valence-corrected chi connectivity index (χ2v) is 15.9. The molecule has 3 aliphatic carbocycles. The molecular weight excluding hydrogens is 625 g/mol. The van der Waals surface area contributed by atoms with E-state index in [-0.39, 0.29) is 17.9 Å². The van der Waals surface area contributed by atoms with Gasteiger partial charge in [-0.05, 0) is 55.7 Å². The highest BCUT2D eigenvalue weighted by Crippen LogP contribution is 2.26. The number of amides is 2. The Balaban J connectivity index is 1.34. The van der Waals surface area contributed by atoms with Crippen LogP contribution in [0.25, 0.3) is 0 Å². The van der Waals surface area contributed by atoms with Gasteiger partial charge in [-0.2, -0.15) is 0 Å². The Labute approximate surface area is 314 Å². The van der Waals surface area contributed by atoms with Crippen LogP contribution in [-0.4, -0.2) is 17.9 Å². The zero-order valence-electron chi connectivity index (χ0n) is 32.7. The van der Waals surface area contributed by atoms with Crippen molar-refractivity contribution in [3.8, 4) is 0 Å². The summed E-state index contributed by atoms with van der Waals surface area (Å²) in [6.45, 7) is 0. The molecule has 0 heterocycles. The van der Waals surface area contributed by atoms with E-state index in [0.717, 1.165) is 30.9 Å². The van der Waals surface area contributed by atoms with Crippen LogP contribution >= 0.6 is 0 Å². The third kappa shape index (κ3) is 23.5. The number of allylic oxidation sites excluding steroid dienone is 11. The van der Waals surface area contributed by atoms with Crippen molar-refractivity contribution in [3.05, 3.63) is 72.0 Å². The largest absolute Gasteiger partial charge is 0.353 e. The first-order chi connectivity index (χ1) is 25.2. The van der Waals surface area contributed by atoms with Crippen molar-refractivity contribution in [1.82, 2.24) is 10.6 Å². The van der Waals surface area contributed by atoms with Crippen LogP contribution in [0.15, 0.2) is 72.0 Å². The van der Waals surface area contributed by atoms with Crippen LogP contribution in [-0.2, 0) is 9.59 Å². The third-order valence-corrected chi connectivity index (χ3v) is 11.2. The first-order valence-corrected chi connectivity index (χ1v) is 21.9. The molecule has 2 fully saturated rings. The zero-order valence-corrected chi connectivity index (χ0v) is 32.7. The molecule has 0 unspecified atom stereocenters. The number of rotatable bonds is 14. The quantitative estimate of drug-likeness (QED) is 0.177. The number of hydrogen-bond donors (Lipinski definition) is 2. The molecular formula is C47H76N2O2. The Morgan fingerprint density at radius 2 is 1.02 bits per heavy atom. The summed E-state index contributed by atoms with van der Waals surface area (Å²) in [5, 5.41) is 6.37. The summed E-state index contributed by atoms with van der Waals surface area (Å²) in [6, 6.07) is 0.287. The molecule has 0 aromatic rings. The molecule has 51 heavy (non-hydrogen) atoms. The standard InChI is InChI=1S/C47H76N2O2/c50-46(48-44-36-25-17-8-2-1-3-9-18-26-37-44)40-29-41-47(51)49-45-38-27-19-11-16-24-34-43(35-28-39-45)33-23-15-10-14-22-32-42-30-20-12-6-4-5-7-13-21-31-42/h11,16,19,24,27-28,34-35,38-39,42,44H,1-10,12-15,17-18,20-23,25-26,29-33,36-37,40-41H2,(H,48,50)(H,49,51)/b16-11?,19-11-,24-16-,27-19?,34-24?,35-28-,38-27?,39-28?,43-34-,43-35?,45-38?,45-39?. The fourth-order valence-electron chi connectivity index (χ4n) is 8.06.